The molecule has 19 heavy (non-hydrogen) atoms. The summed E-state index contributed by atoms with van der Waals surface area (Å²) >= 11 is 6.68. The molecule has 0 saturated carbocycles. The summed E-state index contributed by atoms with van der Waals surface area (Å²) in [5.41, 5.74) is 0.616. The number of nitrogens with zero attached hydrogens (tertiary/aromatic N) is 2. The van der Waals surface area contributed by atoms with Gasteiger partial charge in [0, 0.05) is 11.6 Å². The number of benzene rings is 1. The van der Waals surface area contributed by atoms with E-state index in [9.17, 15) is 14.9 Å². The Balaban J connectivity index is 2.53. The predicted octanol–water partition coefficient (Wildman–Crippen LogP) is 3.38. The van der Waals surface area contributed by atoms with Crippen LogP contribution in [-0.4, -0.2) is 21.0 Å². The van der Waals surface area contributed by atoms with Crippen molar-refractivity contribution >= 4 is 34.6 Å². The maximum absolute atomic E-state index is 10.9. The van der Waals surface area contributed by atoms with E-state index in [1.165, 1.54) is 12.1 Å². The molecular weight excluding hydrogens is 292 g/mol. The second-order valence-electron chi connectivity index (χ2n) is 3.66. The Morgan fingerprint density at radius 2 is 2.21 bits per heavy atom. The number of halogens is 1. The van der Waals surface area contributed by atoms with Crippen molar-refractivity contribution in [1.29, 1.82) is 0 Å². The molecule has 0 unspecified atom stereocenters. The summed E-state index contributed by atoms with van der Waals surface area (Å²) in [6.45, 7) is 1.58. The number of aromatic carboxylic acids is 1. The van der Waals surface area contributed by atoms with Crippen molar-refractivity contribution in [3.63, 3.8) is 0 Å². The standard InChI is InChI=1S/C11H7ClN2O4S/c1-5-9(11(15)16)19-10(13-5)6-2-3-7(12)8(4-6)14(17)18/h2-4H,1H3,(H,15,16). The van der Waals surface area contributed by atoms with E-state index in [0.717, 1.165) is 11.3 Å². The lowest BCUT2D eigenvalue weighted by Crippen LogP contribution is -1.94. The molecule has 8 heteroatoms. The quantitative estimate of drug-likeness (QED) is 0.692. The molecule has 0 radical (unpaired) electrons. The number of rotatable bonds is 3. The highest BCUT2D eigenvalue weighted by molar-refractivity contribution is 7.17. The van der Waals surface area contributed by atoms with Gasteiger partial charge >= 0.3 is 5.97 Å². The van der Waals surface area contributed by atoms with Crippen LogP contribution in [0.4, 0.5) is 5.69 Å². The van der Waals surface area contributed by atoms with Crippen LogP contribution in [0.2, 0.25) is 5.02 Å². The Kier molecular flexibility index (Phi) is 3.50. The van der Waals surface area contributed by atoms with Gasteiger partial charge in [0.05, 0.1) is 10.6 Å². The van der Waals surface area contributed by atoms with Crippen molar-refractivity contribution in [2.45, 2.75) is 6.92 Å². The van der Waals surface area contributed by atoms with Crippen LogP contribution in [-0.2, 0) is 0 Å². The molecule has 0 fully saturated rings. The molecule has 0 bridgehead atoms. The van der Waals surface area contributed by atoms with Crippen LogP contribution in [0.5, 0.6) is 0 Å². The number of hydrogen-bond acceptors (Lipinski definition) is 5. The number of thiazole rings is 1. The van der Waals surface area contributed by atoms with Gasteiger partial charge in [-0.15, -0.1) is 11.3 Å². The SMILES string of the molecule is Cc1nc(-c2ccc(Cl)c([N+](=O)[O-])c2)sc1C(=O)O. The first-order valence-electron chi connectivity index (χ1n) is 5.05. The van der Waals surface area contributed by atoms with E-state index in [0.29, 0.717) is 16.3 Å². The van der Waals surface area contributed by atoms with E-state index < -0.39 is 10.9 Å². The Labute approximate surface area is 116 Å². The molecule has 0 aliphatic carbocycles. The lowest BCUT2D eigenvalue weighted by molar-refractivity contribution is -0.384. The van der Waals surface area contributed by atoms with Gasteiger partial charge < -0.3 is 5.11 Å². The van der Waals surface area contributed by atoms with Gasteiger partial charge in [-0.3, -0.25) is 10.1 Å². The smallest absolute Gasteiger partial charge is 0.347 e. The molecule has 0 atom stereocenters. The number of aromatic nitrogens is 1. The largest absolute Gasteiger partial charge is 0.477 e. The van der Waals surface area contributed by atoms with Crippen LogP contribution < -0.4 is 0 Å². The molecule has 0 aliphatic rings. The molecule has 6 nitrogen and oxygen atoms in total. The molecule has 0 spiro atoms. The fraction of sp³-hybridized carbons (Fsp3) is 0.0909. The van der Waals surface area contributed by atoms with E-state index >= 15 is 0 Å². The number of nitro benzene ring substituents is 1. The zero-order valence-corrected chi connectivity index (χ0v) is 11.2. The molecule has 98 valence electrons. The maximum atomic E-state index is 10.9. The Morgan fingerprint density at radius 3 is 2.74 bits per heavy atom. The molecule has 1 N–H and O–H groups in total. The number of carboxylic acid groups (broad SMARTS) is 1. The monoisotopic (exact) mass is 298 g/mol. The summed E-state index contributed by atoms with van der Waals surface area (Å²) in [5, 5.41) is 20.2. The van der Waals surface area contributed by atoms with Crippen LogP contribution in [0.1, 0.15) is 15.4 Å². The normalized spacial score (nSPS) is 10.4. The second-order valence-corrected chi connectivity index (χ2v) is 5.07. The molecule has 1 aromatic heterocycles. The highest BCUT2D eigenvalue weighted by atomic mass is 35.5. The van der Waals surface area contributed by atoms with Gasteiger partial charge in [0.2, 0.25) is 0 Å². The van der Waals surface area contributed by atoms with Crippen molar-refractivity contribution in [3.8, 4) is 10.6 Å². The second kappa shape index (κ2) is 4.94. The molecule has 0 saturated heterocycles. The van der Waals surface area contributed by atoms with Gasteiger partial charge in [-0.05, 0) is 19.1 Å². The Hall–Kier alpha value is -1.99. The first-order chi connectivity index (χ1) is 8.90. The van der Waals surface area contributed by atoms with Crippen LogP contribution >= 0.6 is 22.9 Å². The minimum absolute atomic E-state index is 0.0282. The summed E-state index contributed by atoms with van der Waals surface area (Å²) in [4.78, 5) is 25.4. The van der Waals surface area contributed by atoms with Gasteiger partial charge in [-0.2, -0.15) is 0 Å². The van der Waals surface area contributed by atoms with Gasteiger partial charge in [-0.25, -0.2) is 9.78 Å². The van der Waals surface area contributed by atoms with Gasteiger partial charge in [-0.1, -0.05) is 11.6 Å². The number of aryl methyl sites for hydroxylation is 1. The Bertz CT molecular complexity index is 683. The zero-order valence-electron chi connectivity index (χ0n) is 9.58. The van der Waals surface area contributed by atoms with Crippen LogP contribution in [0.3, 0.4) is 0 Å². The minimum Gasteiger partial charge on any atom is -0.477 e. The lowest BCUT2D eigenvalue weighted by Gasteiger charge is -1.98. The fourth-order valence-corrected chi connectivity index (χ4v) is 2.59. The average Bonchev–Trinajstić information content (AvgIpc) is 2.71. The molecule has 1 heterocycles. The first kappa shape index (κ1) is 13.4. The van der Waals surface area contributed by atoms with Crippen LogP contribution in [0.25, 0.3) is 10.6 Å². The van der Waals surface area contributed by atoms with Gasteiger partial charge in [0.15, 0.2) is 0 Å². The number of nitro groups is 1. The van der Waals surface area contributed by atoms with Crippen molar-refractivity contribution < 1.29 is 14.8 Å². The third kappa shape index (κ3) is 2.56. The minimum atomic E-state index is -1.07. The molecule has 2 aromatic rings. The Morgan fingerprint density at radius 1 is 1.53 bits per heavy atom. The van der Waals surface area contributed by atoms with E-state index in [-0.39, 0.29) is 15.6 Å². The molecular formula is C11H7ClN2O4S. The third-order valence-electron chi connectivity index (χ3n) is 2.38. The highest BCUT2D eigenvalue weighted by Crippen LogP contribution is 2.33. The lowest BCUT2D eigenvalue weighted by atomic mass is 10.2. The summed E-state index contributed by atoms with van der Waals surface area (Å²) in [7, 11) is 0. The molecule has 0 aliphatic heterocycles. The van der Waals surface area contributed by atoms with E-state index in [1.807, 2.05) is 0 Å². The summed E-state index contributed by atoms with van der Waals surface area (Å²) < 4.78 is 0. The molecule has 0 amide bonds. The number of carboxylic acids is 1. The average molecular weight is 299 g/mol. The molecule has 2 rings (SSSR count). The summed E-state index contributed by atoms with van der Waals surface area (Å²) in [5.74, 6) is -1.07. The van der Waals surface area contributed by atoms with Crippen molar-refractivity contribution in [1.82, 2.24) is 4.98 Å². The predicted molar refractivity (Wildman–Crippen MR) is 70.9 cm³/mol. The van der Waals surface area contributed by atoms with Crippen molar-refractivity contribution in [2.75, 3.05) is 0 Å². The summed E-state index contributed by atoms with van der Waals surface area (Å²) in [6, 6.07) is 4.25. The topological polar surface area (TPSA) is 93.3 Å². The number of hydrogen-bond donors (Lipinski definition) is 1. The molecule has 1 aromatic carbocycles. The fourth-order valence-electron chi connectivity index (χ4n) is 1.50. The number of carbonyl (C=O) groups is 1. The maximum Gasteiger partial charge on any atom is 0.347 e. The van der Waals surface area contributed by atoms with E-state index in [4.69, 9.17) is 16.7 Å². The third-order valence-corrected chi connectivity index (χ3v) is 3.89. The first-order valence-corrected chi connectivity index (χ1v) is 6.24. The summed E-state index contributed by atoms with van der Waals surface area (Å²) in [6.07, 6.45) is 0. The van der Waals surface area contributed by atoms with Gasteiger partial charge in [0.25, 0.3) is 5.69 Å². The van der Waals surface area contributed by atoms with E-state index in [1.54, 1.807) is 13.0 Å². The van der Waals surface area contributed by atoms with E-state index in [2.05, 4.69) is 4.98 Å². The van der Waals surface area contributed by atoms with Crippen molar-refractivity contribution in [3.05, 3.63) is 43.9 Å². The van der Waals surface area contributed by atoms with Crippen LogP contribution in [0.15, 0.2) is 18.2 Å². The van der Waals surface area contributed by atoms with Gasteiger partial charge in [0.1, 0.15) is 14.9 Å². The van der Waals surface area contributed by atoms with Crippen molar-refractivity contribution in [2.24, 2.45) is 0 Å². The zero-order chi connectivity index (χ0) is 14.2. The highest BCUT2D eigenvalue weighted by Gasteiger charge is 2.18. The van der Waals surface area contributed by atoms with Crippen LogP contribution in [0, 0.1) is 17.0 Å².